The van der Waals surface area contributed by atoms with Gasteiger partial charge in [0.25, 0.3) is 11.5 Å². The summed E-state index contributed by atoms with van der Waals surface area (Å²) in [5.74, 6) is 0.834. The van der Waals surface area contributed by atoms with Crippen molar-refractivity contribution in [2.24, 2.45) is 0 Å². The molecular weight excluding hydrogens is 454 g/mol. The summed E-state index contributed by atoms with van der Waals surface area (Å²) in [6.07, 6.45) is 2.20. The van der Waals surface area contributed by atoms with E-state index in [4.69, 9.17) is 21.1 Å². The summed E-state index contributed by atoms with van der Waals surface area (Å²) in [7, 11) is 3.16. The van der Waals surface area contributed by atoms with Gasteiger partial charge in [-0.3, -0.25) is 14.2 Å². The van der Waals surface area contributed by atoms with Crippen LogP contribution in [-0.2, 0) is 13.0 Å². The zero-order valence-electron chi connectivity index (χ0n) is 18.9. The Labute approximate surface area is 201 Å². The van der Waals surface area contributed by atoms with E-state index in [-0.39, 0.29) is 12.1 Å². The van der Waals surface area contributed by atoms with Gasteiger partial charge in [0, 0.05) is 23.2 Å². The maximum atomic E-state index is 13.3. The fraction of sp³-hybridized carbons (Fsp3) is 0.192. The van der Waals surface area contributed by atoms with Crippen LogP contribution in [0.5, 0.6) is 11.5 Å². The minimum Gasteiger partial charge on any atom is -0.493 e. The summed E-state index contributed by atoms with van der Waals surface area (Å²) in [5.41, 5.74) is 2.04. The summed E-state index contributed by atoms with van der Waals surface area (Å²) in [6.45, 7) is 0.631. The Morgan fingerprint density at radius 2 is 1.74 bits per heavy atom. The fourth-order valence-corrected chi connectivity index (χ4v) is 3.87. The number of carbonyl (C=O) groups is 1. The minimum absolute atomic E-state index is 0.0711. The summed E-state index contributed by atoms with van der Waals surface area (Å²) in [6, 6.07) is 18.0. The van der Waals surface area contributed by atoms with E-state index in [1.807, 2.05) is 36.4 Å². The molecule has 1 amide bonds. The third kappa shape index (κ3) is 5.05. The van der Waals surface area contributed by atoms with Crippen LogP contribution in [0, 0.1) is 0 Å². The average Bonchev–Trinajstić information content (AvgIpc) is 2.86. The van der Waals surface area contributed by atoms with E-state index in [1.165, 1.54) is 4.57 Å². The van der Waals surface area contributed by atoms with Crippen molar-refractivity contribution in [2.45, 2.75) is 13.0 Å². The Bertz CT molecular complexity index is 1380. The molecule has 0 saturated heterocycles. The molecule has 0 aliphatic heterocycles. The predicted molar refractivity (Wildman–Crippen MR) is 132 cm³/mol. The summed E-state index contributed by atoms with van der Waals surface area (Å²) < 4.78 is 12.1. The summed E-state index contributed by atoms with van der Waals surface area (Å²) in [4.78, 5) is 30.6. The Kier molecular flexibility index (Phi) is 7.13. The standard InChI is InChI=1S/C26H24ClN3O4/c1-33-22-10-7-17(14-23(22)34-2)11-13-29-25(31)21-15-19-4-3-12-28-24(19)30(26(21)32)16-18-5-8-20(27)9-6-18/h3-10,12,14-15H,11,13,16H2,1-2H3,(H,29,31). The molecule has 8 heteroatoms. The molecule has 0 unspecified atom stereocenters. The van der Waals surface area contributed by atoms with Gasteiger partial charge in [-0.15, -0.1) is 0 Å². The van der Waals surface area contributed by atoms with Crippen LogP contribution in [0.1, 0.15) is 21.5 Å². The first-order valence-electron chi connectivity index (χ1n) is 10.7. The number of aromatic nitrogens is 2. The molecule has 2 aromatic carbocycles. The van der Waals surface area contributed by atoms with E-state index in [9.17, 15) is 9.59 Å². The number of hydrogen-bond acceptors (Lipinski definition) is 5. The van der Waals surface area contributed by atoms with Crippen LogP contribution < -0.4 is 20.3 Å². The number of methoxy groups -OCH3 is 2. The molecule has 4 aromatic rings. The first-order valence-corrected chi connectivity index (χ1v) is 11.1. The van der Waals surface area contributed by atoms with Gasteiger partial charge in [-0.25, -0.2) is 4.98 Å². The molecule has 0 atom stereocenters. The molecule has 2 heterocycles. The first kappa shape index (κ1) is 23.3. The Hall–Kier alpha value is -3.84. The van der Waals surface area contributed by atoms with Crippen molar-refractivity contribution >= 4 is 28.5 Å². The molecular formula is C26H24ClN3O4. The van der Waals surface area contributed by atoms with E-state index in [2.05, 4.69) is 10.3 Å². The molecule has 0 fully saturated rings. The molecule has 1 N–H and O–H groups in total. The first-order chi connectivity index (χ1) is 16.5. The Morgan fingerprint density at radius 1 is 1.00 bits per heavy atom. The van der Waals surface area contributed by atoms with Crippen molar-refractivity contribution in [1.82, 2.24) is 14.9 Å². The number of nitrogens with zero attached hydrogens (tertiary/aromatic N) is 2. The van der Waals surface area contributed by atoms with Gasteiger partial charge < -0.3 is 14.8 Å². The molecule has 0 radical (unpaired) electrons. The number of pyridine rings is 2. The molecule has 0 spiro atoms. The molecule has 7 nitrogen and oxygen atoms in total. The quantitative estimate of drug-likeness (QED) is 0.413. The summed E-state index contributed by atoms with van der Waals surface area (Å²) in [5, 5.41) is 4.18. The smallest absolute Gasteiger partial charge is 0.265 e. The van der Waals surface area contributed by atoms with Crippen LogP contribution in [0.3, 0.4) is 0 Å². The number of ether oxygens (including phenoxy) is 2. The lowest BCUT2D eigenvalue weighted by molar-refractivity contribution is 0.0952. The number of rotatable bonds is 8. The van der Waals surface area contributed by atoms with Crippen molar-refractivity contribution in [2.75, 3.05) is 20.8 Å². The highest BCUT2D eigenvalue weighted by molar-refractivity contribution is 6.30. The second kappa shape index (κ2) is 10.4. The minimum atomic E-state index is -0.430. The van der Waals surface area contributed by atoms with Gasteiger partial charge in [0.1, 0.15) is 11.2 Å². The number of nitrogens with one attached hydrogen (secondary N) is 1. The lowest BCUT2D eigenvalue weighted by Gasteiger charge is -2.13. The van der Waals surface area contributed by atoms with Crippen LogP contribution >= 0.6 is 11.6 Å². The topological polar surface area (TPSA) is 82.5 Å². The number of benzene rings is 2. The van der Waals surface area contributed by atoms with Crippen LogP contribution in [0.25, 0.3) is 11.0 Å². The van der Waals surface area contributed by atoms with E-state index in [1.54, 1.807) is 44.7 Å². The second-order valence-corrected chi connectivity index (χ2v) is 8.12. The second-order valence-electron chi connectivity index (χ2n) is 7.69. The highest BCUT2D eigenvalue weighted by Gasteiger charge is 2.16. The molecule has 34 heavy (non-hydrogen) atoms. The molecule has 0 saturated carbocycles. The fourth-order valence-electron chi connectivity index (χ4n) is 3.74. The van der Waals surface area contributed by atoms with Crippen molar-refractivity contribution in [3.63, 3.8) is 0 Å². The van der Waals surface area contributed by atoms with E-state index < -0.39 is 11.5 Å². The lowest BCUT2D eigenvalue weighted by Crippen LogP contribution is -2.34. The third-order valence-electron chi connectivity index (χ3n) is 5.49. The van der Waals surface area contributed by atoms with E-state index in [0.717, 1.165) is 11.1 Å². The maximum absolute atomic E-state index is 13.3. The normalized spacial score (nSPS) is 10.8. The highest BCUT2D eigenvalue weighted by atomic mass is 35.5. The van der Waals surface area contributed by atoms with Gasteiger partial charge in [-0.1, -0.05) is 29.8 Å². The lowest BCUT2D eigenvalue weighted by atomic mass is 10.1. The van der Waals surface area contributed by atoms with Gasteiger partial charge in [0.2, 0.25) is 0 Å². The monoisotopic (exact) mass is 477 g/mol. The molecule has 0 aliphatic carbocycles. The molecule has 0 bridgehead atoms. The molecule has 174 valence electrons. The number of hydrogen-bond donors (Lipinski definition) is 1. The number of halogens is 1. The molecule has 0 aliphatic rings. The van der Waals surface area contributed by atoms with Crippen molar-refractivity contribution < 1.29 is 14.3 Å². The van der Waals surface area contributed by atoms with Gasteiger partial charge in [0.15, 0.2) is 11.5 Å². The SMILES string of the molecule is COc1ccc(CCNC(=O)c2cc3cccnc3n(Cc3ccc(Cl)cc3)c2=O)cc1OC. The largest absolute Gasteiger partial charge is 0.493 e. The summed E-state index contributed by atoms with van der Waals surface area (Å²) >= 11 is 5.99. The van der Waals surface area contributed by atoms with E-state index in [0.29, 0.717) is 40.5 Å². The van der Waals surface area contributed by atoms with Crippen molar-refractivity contribution in [1.29, 1.82) is 0 Å². The number of carbonyl (C=O) groups excluding carboxylic acids is 1. The third-order valence-corrected chi connectivity index (χ3v) is 5.75. The zero-order valence-corrected chi connectivity index (χ0v) is 19.6. The average molecular weight is 478 g/mol. The Morgan fingerprint density at radius 3 is 2.47 bits per heavy atom. The van der Waals surface area contributed by atoms with Crippen LogP contribution in [0.15, 0.2) is 71.7 Å². The van der Waals surface area contributed by atoms with Crippen molar-refractivity contribution in [3.05, 3.63) is 98.9 Å². The highest BCUT2D eigenvalue weighted by Crippen LogP contribution is 2.27. The van der Waals surface area contributed by atoms with Gasteiger partial charge in [0.05, 0.1) is 20.8 Å². The van der Waals surface area contributed by atoms with E-state index >= 15 is 0 Å². The van der Waals surface area contributed by atoms with Crippen LogP contribution in [0.2, 0.25) is 5.02 Å². The number of fused-ring (bicyclic) bond motifs is 1. The Balaban J connectivity index is 1.56. The van der Waals surface area contributed by atoms with Crippen LogP contribution in [0.4, 0.5) is 0 Å². The van der Waals surface area contributed by atoms with Crippen molar-refractivity contribution in [3.8, 4) is 11.5 Å². The zero-order chi connectivity index (χ0) is 24.1. The molecule has 4 rings (SSSR count). The maximum Gasteiger partial charge on any atom is 0.265 e. The number of amides is 1. The van der Waals surface area contributed by atoms with Gasteiger partial charge in [-0.2, -0.15) is 0 Å². The predicted octanol–water partition coefficient (Wildman–Crippen LogP) is 4.09. The van der Waals surface area contributed by atoms with Crippen LogP contribution in [-0.4, -0.2) is 36.2 Å². The van der Waals surface area contributed by atoms with Gasteiger partial charge >= 0.3 is 0 Å². The molecule has 2 aromatic heterocycles. The van der Waals surface area contributed by atoms with Gasteiger partial charge in [-0.05, 0) is 60.0 Å².